The van der Waals surface area contributed by atoms with Crippen LogP contribution in [0.4, 0.5) is 5.69 Å². The van der Waals surface area contributed by atoms with Gasteiger partial charge in [0.15, 0.2) is 0 Å². The van der Waals surface area contributed by atoms with Crippen molar-refractivity contribution in [3.63, 3.8) is 0 Å². The molecule has 4 nitrogen and oxygen atoms in total. The van der Waals surface area contributed by atoms with Crippen LogP contribution in [-0.4, -0.2) is 18.6 Å². The summed E-state index contributed by atoms with van der Waals surface area (Å²) in [5, 5.41) is 11.9. The van der Waals surface area contributed by atoms with Crippen LogP contribution in [0.3, 0.4) is 0 Å². The lowest BCUT2D eigenvalue weighted by molar-refractivity contribution is 0.363. The topological polar surface area (TPSA) is 57.9 Å². The minimum Gasteiger partial charge on any atom is -0.481 e. The molecule has 0 aromatic carbocycles. The highest BCUT2D eigenvalue weighted by Crippen LogP contribution is 2.23. The summed E-state index contributed by atoms with van der Waals surface area (Å²) < 4.78 is 4.99. The van der Waals surface area contributed by atoms with Crippen molar-refractivity contribution in [2.75, 3.05) is 19.0 Å². The van der Waals surface area contributed by atoms with Gasteiger partial charge >= 0.3 is 0 Å². The molecule has 0 saturated carbocycles. The van der Waals surface area contributed by atoms with Crippen LogP contribution < -0.4 is 10.1 Å². The molecule has 0 unspecified atom stereocenters. The van der Waals surface area contributed by atoms with Crippen molar-refractivity contribution in [1.82, 2.24) is 4.98 Å². The van der Waals surface area contributed by atoms with Crippen LogP contribution in [0.2, 0.25) is 0 Å². The average Bonchev–Trinajstić information content (AvgIpc) is 2.35. The van der Waals surface area contributed by atoms with E-state index in [1.165, 1.54) is 0 Å². The zero-order valence-corrected chi connectivity index (χ0v) is 10.7. The maximum absolute atomic E-state index is 8.58. The molecule has 0 atom stereocenters. The number of nitrogens with one attached hydrogen (secondary N) is 1. The first-order valence-electron chi connectivity index (χ1n) is 5.68. The highest BCUT2D eigenvalue weighted by Gasteiger charge is 2.16. The van der Waals surface area contributed by atoms with E-state index in [1.807, 2.05) is 12.1 Å². The third-order valence-electron chi connectivity index (χ3n) is 2.63. The largest absolute Gasteiger partial charge is 0.481 e. The number of pyridine rings is 1. The Balaban J connectivity index is 2.46. The standard InChI is InChI=1S/C13H19N3O/c1-13(2,7-4-8-14)10-16-11-5-6-12(17-3)15-9-11/h5-6,9,16H,4,7,10H2,1-3H3. The van der Waals surface area contributed by atoms with Gasteiger partial charge in [-0.05, 0) is 17.9 Å². The number of hydrogen-bond acceptors (Lipinski definition) is 4. The van der Waals surface area contributed by atoms with Gasteiger partial charge in [0.1, 0.15) is 0 Å². The zero-order chi connectivity index (χ0) is 12.7. The van der Waals surface area contributed by atoms with Crippen LogP contribution in [0.1, 0.15) is 26.7 Å². The summed E-state index contributed by atoms with van der Waals surface area (Å²) in [7, 11) is 1.60. The van der Waals surface area contributed by atoms with Gasteiger partial charge in [-0.2, -0.15) is 5.26 Å². The summed E-state index contributed by atoms with van der Waals surface area (Å²) in [6.45, 7) is 5.12. The Labute approximate surface area is 103 Å². The van der Waals surface area contributed by atoms with Gasteiger partial charge in [0.25, 0.3) is 0 Å². The van der Waals surface area contributed by atoms with Crippen LogP contribution in [0, 0.1) is 16.7 Å². The third-order valence-corrected chi connectivity index (χ3v) is 2.63. The van der Waals surface area contributed by atoms with E-state index in [4.69, 9.17) is 10.00 Å². The fraction of sp³-hybridized carbons (Fsp3) is 0.538. The highest BCUT2D eigenvalue weighted by molar-refractivity contribution is 5.42. The Hall–Kier alpha value is -1.76. The maximum Gasteiger partial charge on any atom is 0.213 e. The third kappa shape index (κ3) is 4.73. The number of nitriles is 1. The number of nitrogens with zero attached hydrogens (tertiary/aromatic N) is 2. The molecule has 1 N–H and O–H groups in total. The molecule has 1 rings (SSSR count). The van der Waals surface area contributed by atoms with Gasteiger partial charge in [-0.25, -0.2) is 4.98 Å². The summed E-state index contributed by atoms with van der Waals surface area (Å²) in [6.07, 6.45) is 3.23. The lowest BCUT2D eigenvalue weighted by atomic mass is 9.88. The molecule has 0 aliphatic heterocycles. The van der Waals surface area contributed by atoms with Crippen molar-refractivity contribution in [3.05, 3.63) is 18.3 Å². The molecule has 1 aromatic rings. The molecule has 0 spiro atoms. The molecule has 0 saturated heterocycles. The van der Waals surface area contributed by atoms with Crippen molar-refractivity contribution in [2.45, 2.75) is 26.7 Å². The molecule has 0 radical (unpaired) electrons. The first kappa shape index (κ1) is 13.3. The smallest absolute Gasteiger partial charge is 0.213 e. The fourth-order valence-electron chi connectivity index (χ4n) is 1.43. The van der Waals surface area contributed by atoms with Crippen LogP contribution in [0.25, 0.3) is 0 Å². The second-order valence-electron chi connectivity index (χ2n) is 4.77. The van der Waals surface area contributed by atoms with Crippen LogP contribution >= 0.6 is 0 Å². The molecule has 0 aliphatic rings. The Kier molecular flexibility index (Phi) is 4.77. The van der Waals surface area contributed by atoms with E-state index in [0.717, 1.165) is 18.7 Å². The molecule has 1 aromatic heterocycles. The van der Waals surface area contributed by atoms with Gasteiger partial charge in [0, 0.05) is 19.0 Å². The van der Waals surface area contributed by atoms with Gasteiger partial charge in [-0.15, -0.1) is 0 Å². The first-order chi connectivity index (χ1) is 8.07. The highest BCUT2D eigenvalue weighted by atomic mass is 16.5. The normalized spacial score (nSPS) is 10.7. The second kappa shape index (κ2) is 6.09. The Morgan fingerprint density at radius 3 is 2.76 bits per heavy atom. The summed E-state index contributed by atoms with van der Waals surface area (Å²) >= 11 is 0. The van der Waals surface area contributed by atoms with Crippen LogP contribution in [0.5, 0.6) is 5.88 Å². The Morgan fingerprint density at radius 2 is 2.24 bits per heavy atom. The number of ether oxygens (including phenoxy) is 1. The Morgan fingerprint density at radius 1 is 1.47 bits per heavy atom. The predicted octanol–water partition coefficient (Wildman–Crippen LogP) is 2.83. The van der Waals surface area contributed by atoms with E-state index in [0.29, 0.717) is 12.3 Å². The van der Waals surface area contributed by atoms with Gasteiger partial charge < -0.3 is 10.1 Å². The SMILES string of the molecule is COc1ccc(NCC(C)(C)CCC#N)cn1. The molecule has 0 bridgehead atoms. The number of rotatable bonds is 6. The van der Waals surface area contributed by atoms with Crippen molar-refractivity contribution in [3.8, 4) is 11.9 Å². The van der Waals surface area contributed by atoms with Crippen molar-refractivity contribution < 1.29 is 4.74 Å². The fourth-order valence-corrected chi connectivity index (χ4v) is 1.43. The lowest BCUT2D eigenvalue weighted by Crippen LogP contribution is -2.22. The minimum absolute atomic E-state index is 0.107. The molecule has 0 amide bonds. The summed E-state index contributed by atoms with van der Waals surface area (Å²) in [6, 6.07) is 5.94. The van der Waals surface area contributed by atoms with Crippen LogP contribution in [0.15, 0.2) is 18.3 Å². The number of hydrogen-bond donors (Lipinski definition) is 1. The van der Waals surface area contributed by atoms with Crippen molar-refractivity contribution >= 4 is 5.69 Å². The minimum atomic E-state index is 0.107. The maximum atomic E-state index is 8.58. The van der Waals surface area contributed by atoms with Gasteiger partial charge in [-0.3, -0.25) is 0 Å². The zero-order valence-electron chi connectivity index (χ0n) is 10.7. The number of methoxy groups -OCH3 is 1. The van der Waals surface area contributed by atoms with E-state index in [-0.39, 0.29) is 5.41 Å². The van der Waals surface area contributed by atoms with E-state index in [2.05, 4.69) is 30.2 Å². The predicted molar refractivity (Wildman–Crippen MR) is 67.9 cm³/mol. The lowest BCUT2D eigenvalue weighted by Gasteiger charge is -2.24. The van der Waals surface area contributed by atoms with Gasteiger partial charge in [0.2, 0.25) is 5.88 Å². The molecular weight excluding hydrogens is 214 g/mol. The second-order valence-corrected chi connectivity index (χ2v) is 4.77. The quantitative estimate of drug-likeness (QED) is 0.820. The van der Waals surface area contributed by atoms with Gasteiger partial charge in [0.05, 0.1) is 25.1 Å². The first-order valence-corrected chi connectivity index (χ1v) is 5.68. The van der Waals surface area contributed by atoms with Crippen molar-refractivity contribution in [2.24, 2.45) is 5.41 Å². The molecule has 0 aliphatic carbocycles. The summed E-state index contributed by atoms with van der Waals surface area (Å²) in [4.78, 5) is 4.12. The van der Waals surface area contributed by atoms with Gasteiger partial charge in [-0.1, -0.05) is 13.8 Å². The van der Waals surface area contributed by atoms with E-state index in [9.17, 15) is 0 Å². The summed E-state index contributed by atoms with van der Waals surface area (Å²) in [5.41, 5.74) is 1.08. The Bertz CT molecular complexity index is 379. The monoisotopic (exact) mass is 233 g/mol. The molecule has 17 heavy (non-hydrogen) atoms. The molecule has 0 fully saturated rings. The molecular formula is C13H19N3O. The van der Waals surface area contributed by atoms with Crippen molar-refractivity contribution in [1.29, 1.82) is 5.26 Å². The summed E-state index contributed by atoms with van der Waals surface area (Å²) in [5.74, 6) is 0.610. The van der Waals surface area contributed by atoms with E-state index >= 15 is 0 Å². The molecule has 4 heteroatoms. The molecule has 1 heterocycles. The van der Waals surface area contributed by atoms with E-state index in [1.54, 1.807) is 13.3 Å². The number of aromatic nitrogens is 1. The van der Waals surface area contributed by atoms with Crippen LogP contribution in [-0.2, 0) is 0 Å². The van der Waals surface area contributed by atoms with E-state index < -0.39 is 0 Å². The average molecular weight is 233 g/mol. The molecule has 92 valence electrons. The number of anilines is 1.